The molecule has 2 unspecified atom stereocenters. The van der Waals surface area contributed by atoms with Crippen LogP contribution >= 0.6 is 24.1 Å². The quantitative estimate of drug-likeness (QED) is 0.0108. The minimum Gasteiger partial charge on any atom is -0.481 e. The molecule has 20 heteroatoms. The fourth-order valence-electron chi connectivity index (χ4n) is 8.13. The highest BCUT2D eigenvalue weighted by Crippen LogP contribution is 2.52. The average Bonchev–Trinajstić information content (AvgIpc) is 3.57. The van der Waals surface area contributed by atoms with E-state index in [1.807, 2.05) is 73.7 Å². The predicted molar refractivity (Wildman–Crippen MR) is 235 cm³/mol. The number of unbranched alkanes of at least 4 members (excludes halogenated alkanes) is 3. The van der Waals surface area contributed by atoms with Crippen LogP contribution in [0.1, 0.15) is 88.8 Å². The van der Waals surface area contributed by atoms with Gasteiger partial charge in [0.1, 0.15) is 6.54 Å². The largest absolute Gasteiger partial charge is 0.481 e. The van der Waals surface area contributed by atoms with Gasteiger partial charge in [0.15, 0.2) is 5.71 Å². The lowest BCUT2D eigenvalue weighted by atomic mass is 9.75. The molecule has 5 N–H and O–H groups in total. The van der Waals surface area contributed by atoms with Crippen LogP contribution in [0.3, 0.4) is 0 Å². The first-order chi connectivity index (χ1) is 29.0. The minimum absolute atomic E-state index is 0.191. The van der Waals surface area contributed by atoms with E-state index in [0.29, 0.717) is 43.7 Å². The van der Waals surface area contributed by atoms with Gasteiger partial charge in [0.05, 0.1) is 35.4 Å². The van der Waals surface area contributed by atoms with Crippen LogP contribution in [0.15, 0.2) is 89.5 Å². The Morgan fingerprint density at radius 3 is 2.13 bits per heavy atom. The van der Waals surface area contributed by atoms with Gasteiger partial charge in [0.2, 0.25) is 5.69 Å². The van der Waals surface area contributed by atoms with E-state index in [1.165, 1.54) is 0 Å². The number of carboxylic acid groups (broad SMARTS) is 1. The van der Waals surface area contributed by atoms with E-state index in [-0.39, 0.29) is 25.0 Å². The van der Waals surface area contributed by atoms with Gasteiger partial charge in [-0.05, 0) is 94.3 Å². The van der Waals surface area contributed by atoms with E-state index in [0.717, 1.165) is 82.2 Å². The molecule has 61 heavy (non-hydrogen) atoms. The lowest BCUT2D eigenvalue weighted by Gasteiger charge is -2.30. The Labute approximate surface area is 366 Å². The highest BCUT2D eigenvalue weighted by atomic mass is 32.2. The maximum absolute atomic E-state index is 11.7. The first-order valence-electron chi connectivity index (χ1n) is 19.8. The van der Waals surface area contributed by atoms with Gasteiger partial charge in [-0.1, -0.05) is 59.4 Å². The van der Waals surface area contributed by atoms with E-state index in [9.17, 15) is 35.8 Å². The Morgan fingerprint density at radius 2 is 1.46 bits per heavy atom. The monoisotopic (exact) mass is 927 g/mol. The molecule has 0 saturated carbocycles. The van der Waals surface area contributed by atoms with E-state index in [2.05, 4.69) is 43.8 Å². The standard InChI is InChI=1S/C41H54N2O14S4/c1-4-42-35-21-19-32(59-57-55-47)30-34(35)41(3,22-10-13-25-58-56-54-46)37(42)16-8-6-5-7-9-17-38-40(2,23-11-14-26-60(48,49)50)33-28-31(29-39(44)45)18-20-36(33)43(38)24-12-15-27-61(51,52)53/h5-9,16-21,28,30H,4,10-15,22-27,29H2,1-3H3,(H4-,44,45,46,47,48,49,50,51,52,53)/p+1. The Bertz CT molecular complexity index is 2210. The second-order valence-corrected chi connectivity index (χ2v) is 19.8. The summed E-state index contributed by atoms with van der Waals surface area (Å²) in [5, 5.41) is 34.3. The van der Waals surface area contributed by atoms with Crippen LogP contribution in [0.4, 0.5) is 11.4 Å². The molecule has 2 atom stereocenters. The number of nitrogens with zero attached hydrogens (tertiary/aromatic N) is 2. The van der Waals surface area contributed by atoms with Crippen molar-refractivity contribution in [2.45, 2.75) is 94.3 Å². The maximum atomic E-state index is 11.7. The zero-order valence-electron chi connectivity index (χ0n) is 34.3. The molecular formula is C41H55N2O14S4+. The summed E-state index contributed by atoms with van der Waals surface area (Å²) in [6.07, 6.45) is 17.6. The number of allylic oxidation sites excluding steroid dienone is 8. The Balaban J connectivity index is 1.65. The van der Waals surface area contributed by atoms with Crippen LogP contribution in [0.2, 0.25) is 0 Å². The van der Waals surface area contributed by atoms with Crippen LogP contribution in [-0.4, -0.2) is 88.2 Å². The first kappa shape index (κ1) is 50.3. The molecule has 0 aliphatic carbocycles. The van der Waals surface area contributed by atoms with Crippen molar-refractivity contribution in [1.29, 1.82) is 0 Å². The number of hydrogen-bond donors (Lipinski definition) is 5. The summed E-state index contributed by atoms with van der Waals surface area (Å²) in [6.45, 7) is 7.39. The van der Waals surface area contributed by atoms with Crippen molar-refractivity contribution >= 4 is 67.4 Å². The summed E-state index contributed by atoms with van der Waals surface area (Å²) in [5.74, 6) is -1.15. The molecule has 0 saturated heterocycles. The van der Waals surface area contributed by atoms with Gasteiger partial charge in [-0.15, -0.1) is 8.67 Å². The van der Waals surface area contributed by atoms with E-state index in [1.54, 1.807) is 6.07 Å². The maximum Gasteiger partial charge on any atom is 0.307 e. The number of aliphatic carboxylic acids is 1. The zero-order valence-corrected chi connectivity index (χ0v) is 37.6. The van der Waals surface area contributed by atoms with Gasteiger partial charge < -0.3 is 10.0 Å². The Kier molecular flexibility index (Phi) is 19.2. The van der Waals surface area contributed by atoms with Gasteiger partial charge in [0, 0.05) is 70.2 Å². The number of anilines is 1. The highest BCUT2D eigenvalue weighted by molar-refractivity contribution is 7.94. The lowest BCUT2D eigenvalue weighted by Crippen LogP contribution is -2.31. The van der Waals surface area contributed by atoms with Crippen LogP contribution < -0.4 is 4.90 Å². The third kappa shape index (κ3) is 14.3. The molecule has 0 fully saturated rings. The molecule has 2 aliphatic rings. The Hall–Kier alpha value is -3.38. The smallest absolute Gasteiger partial charge is 0.307 e. The number of benzene rings is 2. The number of likely N-dealkylation sites (N-methyl/N-ethyl adjacent to an activating group) is 1. The molecule has 2 heterocycles. The minimum atomic E-state index is -4.16. The fraction of sp³-hybridized carbons (Fsp3) is 0.463. The van der Waals surface area contributed by atoms with Crippen molar-refractivity contribution in [3.05, 3.63) is 101 Å². The zero-order chi connectivity index (χ0) is 44.7. The molecule has 336 valence electrons. The molecule has 0 amide bonds. The second kappa shape index (κ2) is 23.3. The van der Waals surface area contributed by atoms with Gasteiger partial charge in [-0.3, -0.25) is 13.9 Å². The van der Waals surface area contributed by atoms with Crippen LogP contribution in [0.25, 0.3) is 0 Å². The highest BCUT2D eigenvalue weighted by Gasteiger charge is 2.47. The lowest BCUT2D eigenvalue weighted by molar-refractivity contribution is -0.438. The summed E-state index contributed by atoms with van der Waals surface area (Å²) in [5.41, 5.74) is 5.26. The van der Waals surface area contributed by atoms with Crippen LogP contribution in [0, 0.1) is 0 Å². The fourth-order valence-corrected chi connectivity index (χ4v) is 10.1. The Morgan fingerprint density at radius 1 is 0.803 bits per heavy atom. The third-order valence-electron chi connectivity index (χ3n) is 10.9. The molecule has 16 nitrogen and oxygen atoms in total. The van der Waals surface area contributed by atoms with Crippen molar-refractivity contribution in [2.75, 3.05) is 35.2 Å². The van der Waals surface area contributed by atoms with Crippen molar-refractivity contribution in [1.82, 2.24) is 0 Å². The number of fused-ring (bicyclic) bond motifs is 2. The summed E-state index contributed by atoms with van der Waals surface area (Å²) < 4.78 is 76.0. The molecule has 0 radical (unpaired) electrons. The van der Waals surface area contributed by atoms with Gasteiger partial charge in [-0.25, -0.2) is 10.5 Å². The number of carboxylic acids is 1. The van der Waals surface area contributed by atoms with Crippen molar-refractivity contribution in [2.24, 2.45) is 0 Å². The van der Waals surface area contributed by atoms with E-state index in [4.69, 9.17) is 14.8 Å². The summed E-state index contributed by atoms with van der Waals surface area (Å²) >= 11 is 1.92. The molecule has 2 aromatic rings. The van der Waals surface area contributed by atoms with Crippen molar-refractivity contribution in [3.63, 3.8) is 0 Å². The predicted octanol–water partition coefficient (Wildman–Crippen LogP) is 8.41. The van der Waals surface area contributed by atoms with Crippen molar-refractivity contribution in [3.8, 4) is 0 Å². The molecule has 2 aliphatic heterocycles. The third-order valence-corrected chi connectivity index (χ3v) is 13.7. The number of rotatable bonds is 27. The summed E-state index contributed by atoms with van der Waals surface area (Å²) in [7, 11) is -8.31. The van der Waals surface area contributed by atoms with Crippen molar-refractivity contribution < 1.29 is 69.7 Å². The first-order valence-corrected chi connectivity index (χ1v) is 24.6. The van der Waals surface area contributed by atoms with E-state index < -0.39 is 42.8 Å². The van der Waals surface area contributed by atoms with Gasteiger partial charge in [0.25, 0.3) is 20.2 Å². The molecule has 0 spiro atoms. The average molecular weight is 928 g/mol. The molecule has 0 bridgehead atoms. The molecular weight excluding hydrogens is 873 g/mol. The number of hydrogen-bond acceptors (Lipinski definition) is 14. The second-order valence-electron chi connectivity index (χ2n) is 15.1. The summed E-state index contributed by atoms with van der Waals surface area (Å²) in [6, 6.07) is 11.4. The van der Waals surface area contributed by atoms with Gasteiger partial charge in [-0.2, -0.15) is 21.4 Å². The molecule has 2 aromatic carbocycles. The topological polar surface area (TPSA) is 230 Å². The molecule has 4 rings (SSSR count). The number of carbonyl (C=O) groups is 1. The summed E-state index contributed by atoms with van der Waals surface area (Å²) in [4.78, 5) is 14.7. The molecule has 0 aromatic heterocycles. The van der Waals surface area contributed by atoms with E-state index >= 15 is 0 Å². The van der Waals surface area contributed by atoms with Crippen LogP contribution in [-0.2, 0) is 61.0 Å². The van der Waals surface area contributed by atoms with Gasteiger partial charge >= 0.3 is 5.97 Å². The normalized spacial score (nSPS) is 20.0. The SMILES string of the molecule is CCN1/C(=C/C=C/C=C/C=C/C2=[N+](CCCCS(=O)(=O)O)c3ccc(CC(=O)O)cc3C2(C)CCCCS(=O)(=O)O)C(C)(CCCCSOOO)c2cc(SOOO)ccc21. The van der Waals surface area contributed by atoms with Crippen LogP contribution in [0.5, 0.6) is 0 Å².